The van der Waals surface area contributed by atoms with Crippen LogP contribution in [0.4, 0.5) is 0 Å². The summed E-state index contributed by atoms with van der Waals surface area (Å²) in [4.78, 5) is 10.9. The third kappa shape index (κ3) is 5.28. The molecule has 0 atom stereocenters. The lowest BCUT2D eigenvalue weighted by atomic mass is 10.2. The highest BCUT2D eigenvalue weighted by atomic mass is 127. The molecule has 9 heteroatoms. The van der Waals surface area contributed by atoms with Gasteiger partial charge < -0.3 is 10.2 Å². The molecule has 132 valence electrons. The maximum absolute atomic E-state index is 12.1. The number of aromatic nitrogens is 1. The van der Waals surface area contributed by atoms with Gasteiger partial charge in [-0.15, -0.1) is 35.3 Å². The van der Waals surface area contributed by atoms with Gasteiger partial charge in [0.2, 0.25) is 0 Å². The number of nitrogens with one attached hydrogen (secondary N) is 1. The molecule has 2 rings (SSSR count). The van der Waals surface area contributed by atoms with E-state index in [0.717, 1.165) is 23.9 Å². The second-order valence-corrected chi connectivity index (χ2v) is 9.63. The van der Waals surface area contributed by atoms with E-state index in [9.17, 15) is 8.42 Å². The van der Waals surface area contributed by atoms with E-state index in [2.05, 4.69) is 15.3 Å². The summed E-state index contributed by atoms with van der Waals surface area (Å²) in [6.45, 7) is 7.97. The van der Waals surface area contributed by atoms with Crippen LogP contribution in [-0.2, 0) is 16.3 Å². The van der Waals surface area contributed by atoms with Gasteiger partial charge in [0.1, 0.15) is 0 Å². The molecule has 0 unspecified atom stereocenters. The van der Waals surface area contributed by atoms with E-state index in [1.54, 1.807) is 31.4 Å². The Labute approximate surface area is 159 Å². The first-order chi connectivity index (χ1) is 10.4. The molecule has 0 radical (unpaired) electrons. The molecule has 0 amide bonds. The van der Waals surface area contributed by atoms with Crippen LogP contribution in [0.2, 0.25) is 0 Å². The number of halogens is 1. The molecule has 2 heterocycles. The molecule has 0 bridgehead atoms. The molecule has 0 saturated carbocycles. The predicted octanol–water partition coefficient (Wildman–Crippen LogP) is 1.78. The van der Waals surface area contributed by atoms with E-state index in [4.69, 9.17) is 0 Å². The van der Waals surface area contributed by atoms with Crippen LogP contribution in [0, 0.1) is 0 Å². The summed E-state index contributed by atoms with van der Waals surface area (Å²) >= 11 is 1.63. The Morgan fingerprint density at radius 3 is 2.83 bits per heavy atom. The normalized spacial score (nSPS) is 20.0. The van der Waals surface area contributed by atoms with Crippen LogP contribution in [0.5, 0.6) is 0 Å². The first-order valence-electron chi connectivity index (χ1n) is 7.49. The number of aliphatic imine (C=N–C) groups is 1. The Balaban J connectivity index is 0.00000264. The van der Waals surface area contributed by atoms with Crippen LogP contribution in [0.15, 0.2) is 16.6 Å². The fourth-order valence-corrected chi connectivity index (χ4v) is 4.36. The fraction of sp³-hybridized carbons (Fsp3) is 0.714. The Bertz CT molecular complexity index is 615. The average molecular weight is 472 g/mol. The van der Waals surface area contributed by atoms with Gasteiger partial charge in [0, 0.05) is 44.2 Å². The van der Waals surface area contributed by atoms with E-state index in [1.807, 2.05) is 17.2 Å². The third-order valence-corrected chi connectivity index (χ3v) is 7.12. The van der Waals surface area contributed by atoms with Crippen molar-refractivity contribution in [2.45, 2.75) is 31.9 Å². The second-order valence-electron chi connectivity index (χ2n) is 5.91. The summed E-state index contributed by atoms with van der Waals surface area (Å²) in [6.07, 6.45) is 2.61. The van der Waals surface area contributed by atoms with Crippen molar-refractivity contribution in [3.8, 4) is 0 Å². The van der Waals surface area contributed by atoms with Gasteiger partial charge in [-0.05, 0) is 20.8 Å². The van der Waals surface area contributed by atoms with Gasteiger partial charge in [0.25, 0.3) is 0 Å². The molecule has 1 N–H and O–H groups in total. The van der Waals surface area contributed by atoms with Gasteiger partial charge in [0.15, 0.2) is 15.8 Å². The highest BCUT2D eigenvalue weighted by Crippen LogP contribution is 2.23. The minimum atomic E-state index is -3.03. The summed E-state index contributed by atoms with van der Waals surface area (Å²) in [6, 6.07) is 0. The van der Waals surface area contributed by atoms with Crippen molar-refractivity contribution in [1.29, 1.82) is 0 Å². The number of thiazole rings is 1. The highest BCUT2D eigenvalue weighted by Gasteiger charge is 2.40. The molecule has 1 aromatic heterocycles. The maximum atomic E-state index is 12.1. The Morgan fingerprint density at radius 1 is 1.52 bits per heavy atom. The molecule has 0 spiro atoms. The fourth-order valence-electron chi connectivity index (χ4n) is 2.38. The summed E-state index contributed by atoms with van der Waals surface area (Å²) in [5, 5.41) is 6.29. The first kappa shape index (κ1) is 20.6. The zero-order valence-electron chi connectivity index (χ0n) is 13.8. The lowest BCUT2D eigenvalue weighted by molar-refractivity contribution is 0.353. The van der Waals surface area contributed by atoms with Crippen molar-refractivity contribution in [3.05, 3.63) is 16.6 Å². The van der Waals surface area contributed by atoms with Crippen LogP contribution in [0.1, 0.15) is 25.8 Å². The number of sulfone groups is 1. The SMILES string of the molecule is CCNC(=NCCc1nccs1)N1CCS(=O)(=O)C(C)(C)C1.I. The third-order valence-electron chi connectivity index (χ3n) is 3.75. The van der Waals surface area contributed by atoms with Crippen LogP contribution in [-0.4, -0.2) is 60.9 Å². The Morgan fingerprint density at radius 2 is 2.26 bits per heavy atom. The highest BCUT2D eigenvalue weighted by molar-refractivity contribution is 14.0. The molecule has 1 fully saturated rings. The quantitative estimate of drug-likeness (QED) is 0.411. The number of hydrogen-bond acceptors (Lipinski definition) is 5. The minimum absolute atomic E-state index is 0. The maximum Gasteiger partial charge on any atom is 0.194 e. The van der Waals surface area contributed by atoms with Gasteiger partial charge >= 0.3 is 0 Å². The molecule has 1 aliphatic heterocycles. The zero-order chi connectivity index (χ0) is 16.2. The van der Waals surface area contributed by atoms with Crippen molar-refractivity contribution < 1.29 is 8.42 Å². The van der Waals surface area contributed by atoms with Gasteiger partial charge in [-0.25, -0.2) is 13.4 Å². The minimum Gasteiger partial charge on any atom is -0.357 e. The molecule has 0 aliphatic carbocycles. The van der Waals surface area contributed by atoms with Gasteiger partial charge in [-0.1, -0.05) is 0 Å². The van der Waals surface area contributed by atoms with Crippen molar-refractivity contribution >= 4 is 51.1 Å². The van der Waals surface area contributed by atoms with Crippen molar-refractivity contribution in [2.75, 3.05) is 31.9 Å². The van der Waals surface area contributed by atoms with E-state index in [0.29, 0.717) is 19.6 Å². The van der Waals surface area contributed by atoms with Gasteiger partial charge in [-0.3, -0.25) is 4.99 Å². The summed E-state index contributed by atoms with van der Waals surface area (Å²) in [5.41, 5.74) is 0. The monoisotopic (exact) mass is 472 g/mol. The first-order valence-corrected chi connectivity index (χ1v) is 10.0. The predicted molar refractivity (Wildman–Crippen MR) is 107 cm³/mol. The lowest BCUT2D eigenvalue weighted by Gasteiger charge is -2.39. The van der Waals surface area contributed by atoms with Crippen LogP contribution < -0.4 is 5.32 Å². The average Bonchev–Trinajstić information content (AvgIpc) is 2.94. The van der Waals surface area contributed by atoms with Gasteiger partial charge in [-0.2, -0.15) is 0 Å². The van der Waals surface area contributed by atoms with Gasteiger partial charge in [0.05, 0.1) is 15.5 Å². The molecule has 0 aromatic carbocycles. The standard InChI is InChI=1S/C14H24N4O2S2.HI/c1-4-15-13(17-6-5-12-16-7-9-21-12)18-8-10-22(19,20)14(2,3)11-18;/h7,9H,4-6,8,10-11H2,1-3H3,(H,15,17);1H. The molecule has 1 aliphatic rings. The van der Waals surface area contributed by atoms with Crippen LogP contribution >= 0.6 is 35.3 Å². The van der Waals surface area contributed by atoms with Crippen molar-refractivity contribution in [2.24, 2.45) is 4.99 Å². The van der Waals surface area contributed by atoms with E-state index < -0.39 is 14.6 Å². The molecule has 23 heavy (non-hydrogen) atoms. The van der Waals surface area contributed by atoms with Crippen molar-refractivity contribution in [1.82, 2.24) is 15.2 Å². The molecular formula is C14H25IN4O2S2. The van der Waals surface area contributed by atoms with Crippen molar-refractivity contribution in [3.63, 3.8) is 0 Å². The topological polar surface area (TPSA) is 74.7 Å². The number of rotatable bonds is 4. The summed E-state index contributed by atoms with van der Waals surface area (Å²) in [5.74, 6) is 0.971. The largest absolute Gasteiger partial charge is 0.357 e. The molecular weight excluding hydrogens is 447 g/mol. The van der Waals surface area contributed by atoms with Crippen LogP contribution in [0.25, 0.3) is 0 Å². The summed E-state index contributed by atoms with van der Waals surface area (Å²) < 4.78 is 23.5. The Kier molecular flexibility index (Phi) is 7.72. The van der Waals surface area contributed by atoms with E-state index in [-0.39, 0.29) is 29.7 Å². The second kappa shape index (κ2) is 8.61. The summed E-state index contributed by atoms with van der Waals surface area (Å²) in [7, 11) is -3.03. The number of hydrogen-bond donors (Lipinski definition) is 1. The molecule has 1 saturated heterocycles. The molecule has 6 nitrogen and oxygen atoms in total. The number of guanidine groups is 1. The zero-order valence-corrected chi connectivity index (χ0v) is 17.7. The molecule has 1 aromatic rings. The Hall–Kier alpha value is -0.420. The van der Waals surface area contributed by atoms with E-state index >= 15 is 0 Å². The number of nitrogens with zero attached hydrogens (tertiary/aromatic N) is 3. The smallest absolute Gasteiger partial charge is 0.194 e. The van der Waals surface area contributed by atoms with Crippen LogP contribution in [0.3, 0.4) is 0 Å². The van der Waals surface area contributed by atoms with E-state index in [1.165, 1.54) is 0 Å². The lowest BCUT2D eigenvalue weighted by Crippen LogP contribution is -2.57.